The van der Waals surface area contributed by atoms with Gasteiger partial charge in [-0.25, -0.2) is 4.98 Å². The molecule has 0 spiro atoms. The van der Waals surface area contributed by atoms with Gasteiger partial charge >= 0.3 is 10.2 Å². The molecule has 0 aliphatic carbocycles. The highest BCUT2D eigenvalue weighted by molar-refractivity contribution is 7.86. The van der Waals surface area contributed by atoms with Crippen molar-refractivity contribution < 1.29 is 17.1 Å². The van der Waals surface area contributed by atoms with Gasteiger partial charge in [-0.15, -0.1) is 3.89 Å². The van der Waals surface area contributed by atoms with Gasteiger partial charge < -0.3 is 0 Å². The lowest BCUT2D eigenvalue weighted by Gasteiger charge is -2.15. The number of fused-ring (bicyclic) bond motifs is 1. The highest BCUT2D eigenvalue weighted by atomic mass is 32.3. The van der Waals surface area contributed by atoms with Gasteiger partial charge in [0.15, 0.2) is 0 Å². The molecule has 1 amide bonds. The number of carbonyl (C=O) groups excluding carboxylic acids is 1. The van der Waals surface area contributed by atoms with E-state index in [0.717, 1.165) is 10.8 Å². The van der Waals surface area contributed by atoms with E-state index >= 15 is 0 Å². The molecule has 0 N–H and O–H groups in total. The topological polar surface area (TPSA) is 67.3 Å². The first-order valence-corrected chi connectivity index (χ1v) is 8.05. The maximum absolute atomic E-state index is 12.7. The van der Waals surface area contributed by atoms with Gasteiger partial charge in [0.05, 0.1) is 5.75 Å². The largest absolute Gasteiger partial charge is 0.302 e. The summed E-state index contributed by atoms with van der Waals surface area (Å²) in [5, 5.41) is 1.90. The van der Waals surface area contributed by atoms with Gasteiger partial charge in [-0.05, 0) is 11.5 Å². The molecule has 0 radical (unpaired) electrons. The molecule has 1 aromatic heterocycles. The van der Waals surface area contributed by atoms with Crippen molar-refractivity contribution in [2.45, 2.75) is 6.42 Å². The normalized spacial score (nSPS) is 19.4. The zero-order valence-corrected chi connectivity index (χ0v) is 11.9. The Morgan fingerprint density at radius 1 is 1.29 bits per heavy atom. The van der Waals surface area contributed by atoms with Crippen molar-refractivity contribution in [3.05, 3.63) is 36.5 Å². The Kier molecular flexibility index (Phi) is 3.36. The Balaban J connectivity index is 1.87. The van der Waals surface area contributed by atoms with Crippen LogP contribution in [-0.2, 0) is 15.0 Å². The van der Waals surface area contributed by atoms with Crippen LogP contribution in [0.5, 0.6) is 0 Å². The Hall–Kier alpha value is -2.02. The number of pyridine rings is 1. The molecule has 1 atom stereocenters. The average molecular weight is 308 g/mol. The molecule has 21 heavy (non-hydrogen) atoms. The van der Waals surface area contributed by atoms with E-state index in [1.54, 1.807) is 12.3 Å². The van der Waals surface area contributed by atoms with Gasteiger partial charge in [-0.1, -0.05) is 24.3 Å². The summed E-state index contributed by atoms with van der Waals surface area (Å²) in [6.45, 7) is 0.174. The minimum atomic E-state index is -4.57. The van der Waals surface area contributed by atoms with Crippen molar-refractivity contribution in [1.82, 2.24) is 4.98 Å². The molecule has 110 valence electrons. The van der Waals surface area contributed by atoms with Crippen molar-refractivity contribution in [1.29, 1.82) is 0 Å². The Bertz CT molecular complexity index is 807. The van der Waals surface area contributed by atoms with Gasteiger partial charge in [-0.2, -0.15) is 8.42 Å². The van der Waals surface area contributed by atoms with Crippen LogP contribution in [0.15, 0.2) is 36.5 Å². The minimum Gasteiger partial charge on any atom is -0.296 e. The second-order valence-electron chi connectivity index (χ2n) is 5.17. The third kappa shape index (κ3) is 3.02. The highest BCUT2D eigenvalue weighted by Crippen LogP contribution is 2.27. The second kappa shape index (κ2) is 5.07. The minimum absolute atomic E-state index is 0.0255. The number of halogens is 1. The molecule has 5 nitrogen and oxygen atoms in total. The first kappa shape index (κ1) is 13.9. The van der Waals surface area contributed by atoms with Gasteiger partial charge in [0.1, 0.15) is 5.82 Å². The third-order valence-corrected chi connectivity index (χ3v) is 4.40. The number of carbonyl (C=O) groups is 1. The van der Waals surface area contributed by atoms with Crippen molar-refractivity contribution in [3.63, 3.8) is 0 Å². The molecule has 1 saturated heterocycles. The van der Waals surface area contributed by atoms with Crippen LogP contribution >= 0.6 is 0 Å². The maximum Gasteiger partial charge on any atom is 0.302 e. The van der Waals surface area contributed by atoms with E-state index in [0.29, 0.717) is 5.82 Å². The van der Waals surface area contributed by atoms with Crippen LogP contribution in [0.4, 0.5) is 9.70 Å². The number of hydrogen-bond donors (Lipinski definition) is 0. The fraction of sp³-hybridized carbons (Fsp3) is 0.286. The van der Waals surface area contributed by atoms with Crippen LogP contribution in [-0.4, -0.2) is 31.6 Å². The zero-order valence-electron chi connectivity index (χ0n) is 11.1. The van der Waals surface area contributed by atoms with Crippen molar-refractivity contribution in [2.24, 2.45) is 5.92 Å². The molecule has 0 saturated carbocycles. The van der Waals surface area contributed by atoms with Crippen molar-refractivity contribution in [3.8, 4) is 0 Å². The summed E-state index contributed by atoms with van der Waals surface area (Å²) >= 11 is 0. The van der Waals surface area contributed by atoms with Crippen LogP contribution < -0.4 is 4.90 Å². The Morgan fingerprint density at radius 3 is 2.71 bits per heavy atom. The van der Waals surface area contributed by atoms with Crippen LogP contribution in [0.2, 0.25) is 0 Å². The number of anilines is 1. The number of amides is 1. The quantitative estimate of drug-likeness (QED) is 0.812. The van der Waals surface area contributed by atoms with Gasteiger partial charge in [0, 0.05) is 30.5 Å². The highest BCUT2D eigenvalue weighted by Gasteiger charge is 2.34. The van der Waals surface area contributed by atoms with Gasteiger partial charge in [0.2, 0.25) is 5.91 Å². The molecule has 2 aromatic rings. The number of hydrogen-bond acceptors (Lipinski definition) is 4. The summed E-state index contributed by atoms with van der Waals surface area (Å²) in [6.07, 6.45) is 1.69. The number of rotatable bonds is 3. The summed E-state index contributed by atoms with van der Waals surface area (Å²) in [7, 11) is -4.57. The summed E-state index contributed by atoms with van der Waals surface area (Å²) in [5.74, 6) is -0.910. The molecule has 1 fully saturated rings. The average Bonchev–Trinajstić information content (AvgIpc) is 2.76. The predicted octanol–water partition coefficient (Wildman–Crippen LogP) is 1.89. The van der Waals surface area contributed by atoms with Gasteiger partial charge in [-0.3, -0.25) is 9.69 Å². The number of benzene rings is 1. The number of aromatic nitrogens is 1. The first-order valence-electron chi connectivity index (χ1n) is 6.50. The predicted molar refractivity (Wildman–Crippen MR) is 77.1 cm³/mol. The molecule has 2 heterocycles. The van der Waals surface area contributed by atoms with E-state index in [9.17, 15) is 17.1 Å². The van der Waals surface area contributed by atoms with E-state index in [1.807, 2.05) is 24.3 Å². The molecule has 1 unspecified atom stereocenters. The van der Waals surface area contributed by atoms with E-state index in [1.165, 1.54) is 4.90 Å². The lowest BCUT2D eigenvalue weighted by molar-refractivity contribution is -0.117. The summed E-state index contributed by atoms with van der Waals surface area (Å²) < 4.78 is 34.1. The monoisotopic (exact) mass is 308 g/mol. The summed E-state index contributed by atoms with van der Waals surface area (Å²) in [4.78, 5) is 17.6. The van der Waals surface area contributed by atoms with Crippen LogP contribution in [0.3, 0.4) is 0 Å². The first-order chi connectivity index (χ1) is 9.92. The fourth-order valence-electron chi connectivity index (χ4n) is 2.62. The molecule has 3 rings (SSSR count). The van der Waals surface area contributed by atoms with E-state index in [4.69, 9.17) is 0 Å². The van der Waals surface area contributed by atoms with E-state index < -0.39 is 21.9 Å². The molecule has 1 aliphatic heterocycles. The SMILES string of the molecule is O=C1CC(CS(=O)(=O)F)CN1c1cc2ccccc2cn1. The number of nitrogens with zero attached hydrogens (tertiary/aromatic N) is 2. The van der Waals surface area contributed by atoms with Crippen molar-refractivity contribution in [2.75, 3.05) is 17.2 Å². The molecular weight excluding hydrogens is 295 g/mol. The summed E-state index contributed by atoms with van der Waals surface area (Å²) in [5.41, 5.74) is 0. The second-order valence-corrected chi connectivity index (χ2v) is 6.58. The molecule has 7 heteroatoms. The maximum atomic E-state index is 12.7. The Morgan fingerprint density at radius 2 is 2.00 bits per heavy atom. The summed E-state index contributed by atoms with van der Waals surface area (Å²) in [6, 6.07) is 9.38. The molecular formula is C14H13FN2O3S. The molecule has 0 bridgehead atoms. The fourth-order valence-corrected chi connectivity index (χ4v) is 3.40. The molecule has 1 aliphatic rings. The van der Waals surface area contributed by atoms with Crippen LogP contribution in [0.1, 0.15) is 6.42 Å². The van der Waals surface area contributed by atoms with Crippen molar-refractivity contribution >= 4 is 32.7 Å². The third-order valence-electron chi connectivity index (χ3n) is 3.53. The Labute approximate surface area is 121 Å². The van der Waals surface area contributed by atoms with E-state index in [2.05, 4.69) is 4.98 Å². The lowest BCUT2D eigenvalue weighted by Crippen LogP contribution is -2.26. The standard InChI is InChI=1S/C14H13FN2O3S/c15-21(19,20)9-10-5-14(18)17(8-10)13-6-11-3-1-2-4-12(11)7-16-13/h1-4,6-7,10H,5,8-9H2. The van der Waals surface area contributed by atoms with Crippen LogP contribution in [0, 0.1) is 5.92 Å². The lowest BCUT2D eigenvalue weighted by atomic mass is 10.1. The van der Waals surface area contributed by atoms with Crippen LogP contribution in [0.25, 0.3) is 10.8 Å². The smallest absolute Gasteiger partial charge is 0.296 e. The van der Waals surface area contributed by atoms with E-state index in [-0.39, 0.29) is 18.9 Å². The van der Waals surface area contributed by atoms with Gasteiger partial charge in [0.25, 0.3) is 0 Å². The zero-order chi connectivity index (χ0) is 15.0. The molecule has 1 aromatic carbocycles.